The van der Waals surface area contributed by atoms with E-state index in [4.69, 9.17) is 0 Å². The summed E-state index contributed by atoms with van der Waals surface area (Å²) >= 11 is 7.44. The van der Waals surface area contributed by atoms with E-state index >= 15 is 0 Å². The zero-order valence-corrected chi connectivity index (χ0v) is 15.0. The molecular weight excluding hydrogens is 369 g/mol. The number of thiophene rings is 1. The van der Waals surface area contributed by atoms with Gasteiger partial charge in [0.15, 0.2) is 0 Å². The van der Waals surface area contributed by atoms with E-state index in [-0.39, 0.29) is 11.9 Å². The molecule has 1 N–H and O–H groups in total. The van der Waals surface area contributed by atoms with Gasteiger partial charge < -0.3 is 5.32 Å². The van der Waals surface area contributed by atoms with Crippen molar-refractivity contribution in [1.82, 2.24) is 5.32 Å². The molecule has 1 aromatic heterocycles. The fourth-order valence-corrected chi connectivity index (χ4v) is 5.50. The van der Waals surface area contributed by atoms with Crippen molar-refractivity contribution >= 4 is 39.0 Å². The van der Waals surface area contributed by atoms with Gasteiger partial charge in [0.1, 0.15) is 5.82 Å². The summed E-state index contributed by atoms with van der Waals surface area (Å²) in [6.45, 7) is 0. The lowest BCUT2D eigenvalue weighted by molar-refractivity contribution is 0.590. The van der Waals surface area contributed by atoms with Gasteiger partial charge in [-0.25, -0.2) is 4.39 Å². The summed E-state index contributed by atoms with van der Waals surface area (Å²) in [5.41, 5.74) is 2.50. The lowest BCUT2D eigenvalue weighted by Crippen LogP contribution is -2.18. The van der Waals surface area contributed by atoms with Crippen LogP contribution in [0.2, 0.25) is 0 Å². The first-order valence-corrected chi connectivity index (χ1v) is 9.74. The summed E-state index contributed by atoms with van der Waals surface area (Å²) in [4.78, 5) is 2.89. The van der Waals surface area contributed by atoms with Gasteiger partial charge in [-0.2, -0.15) is 11.8 Å². The van der Waals surface area contributed by atoms with Crippen molar-refractivity contribution in [2.75, 3.05) is 12.8 Å². The molecule has 1 aromatic carbocycles. The number of nitrogens with one attached hydrogen (secondary N) is 1. The van der Waals surface area contributed by atoms with E-state index in [2.05, 4.69) is 27.3 Å². The Morgan fingerprint density at radius 1 is 1.38 bits per heavy atom. The summed E-state index contributed by atoms with van der Waals surface area (Å²) in [6.07, 6.45) is 1.98. The predicted molar refractivity (Wildman–Crippen MR) is 93.8 cm³/mol. The Bertz CT molecular complexity index is 618. The molecule has 2 heterocycles. The van der Waals surface area contributed by atoms with Crippen LogP contribution in [0.1, 0.15) is 26.9 Å². The van der Waals surface area contributed by atoms with E-state index in [0.717, 1.165) is 22.2 Å². The molecule has 0 spiro atoms. The van der Waals surface area contributed by atoms with Gasteiger partial charge in [0.05, 0.1) is 0 Å². The van der Waals surface area contributed by atoms with E-state index in [1.807, 2.05) is 30.1 Å². The number of aryl methyl sites for hydroxylation is 1. The molecule has 1 nitrogen and oxygen atoms in total. The molecule has 2 aromatic rings. The van der Waals surface area contributed by atoms with Crippen LogP contribution >= 0.6 is 39.0 Å². The Balaban J connectivity index is 1.84. The average Bonchev–Trinajstić information content (AvgIpc) is 2.91. The van der Waals surface area contributed by atoms with Crippen molar-refractivity contribution in [2.24, 2.45) is 0 Å². The minimum Gasteiger partial charge on any atom is -0.312 e. The maximum atomic E-state index is 13.4. The topological polar surface area (TPSA) is 12.0 Å². The first-order valence-electron chi connectivity index (χ1n) is 6.98. The van der Waals surface area contributed by atoms with Gasteiger partial charge in [-0.15, -0.1) is 11.3 Å². The molecule has 0 aliphatic carbocycles. The average molecular weight is 386 g/mol. The minimum absolute atomic E-state index is 0.176. The van der Waals surface area contributed by atoms with Crippen molar-refractivity contribution < 1.29 is 4.39 Å². The minimum atomic E-state index is -0.176. The van der Waals surface area contributed by atoms with Crippen molar-refractivity contribution in [3.63, 3.8) is 0 Å². The van der Waals surface area contributed by atoms with E-state index < -0.39 is 0 Å². The summed E-state index contributed by atoms with van der Waals surface area (Å²) in [5.74, 6) is 2.18. The molecule has 5 heteroatoms. The quantitative estimate of drug-likeness (QED) is 0.799. The Labute approximate surface area is 141 Å². The second kappa shape index (κ2) is 6.82. The highest BCUT2D eigenvalue weighted by Crippen LogP contribution is 2.36. The van der Waals surface area contributed by atoms with Gasteiger partial charge in [-0.3, -0.25) is 0 Å². The van der Waals surface area contributed by atoms with Crippen LogP contribution in [0.3, 0.4) is 0 Å². The van der Waals surface area contributed by atoms with Gasteiger partial charge in [0.25, 0.3) is 0 Å². The third-order valence-electron chi connectivity index (χ3n) is 3.77. The van der Waals surface area contributed by atoms with Crippen LogP contribution in [-0.4, -0.2) is 12.8 Å². The fourth-order valence-electron chi connectivity index (χ4n) is 2.61. The van der Waals surface area contributed by atoms with Crippen LogP contribution in [-0.2, 0) is 18.6 Å². The van der Waals surface area contributed by atoms with Crippen molar-refractivity contribution in [3.05, 3.63) is 55.4 Å². The second-order valence-corrected chi connectivity index (χ2v) is 8.31. The maximum Gasteiger partial charge on any atom is 0.123 e. The Kier molecular flexibility index (Phi) is 5.04. The number of likely N-dealkylation sites (N-methyl/N-ethyl adjacent to an activating group) is 1. The largest absolute Gasteiger partial charge is 0.312 e. The number of hydrogen-bond donors (Lipinski definition) is 1. The molecule has 0 bridgehead atoms. The van der Waals surface area contributed by atoms with Crippen molar-refractivity contribution in [3.8, 4) is 0 Å². The first-order chi connectivity index (χ1) is 10.2. The number of thioether (sulfide) groups is 1. The lowest BCUT2D eigenvalue weighted by Gasteiger charge is -2.15. The summed E-state index contributed by atoms with van der Waals surface area (Å²) in [5, 5.41) is 3.38. The molecule has 0 radical (unpaired) electrons. The zero-order valence-electron chi connectivity index (χ0n) is 11.8. The van der Waals surface area contributed by atoms with Crippen LogP contribution in [0.25, 0.3) is 0 Å². The number of benzene rings is 1. The molecular formula is C16H17BrFNS2. The molecule has 3 rings (SSSR count). The van der Waals surface area contributed by atoms with Gasteiger partial charge in [0.2, 0.25) is 0 Å². The predicted octanol–water partition coefficient (Wildman–Crippen LogP) is 4.94. The Morgan fingerprint density at radius 2 is 2.24 bits per heavy atom. The standard InChI is InChI=1S/C16H17BrFNS2/c1-19-14(7-10-6-12(18)2-3-13(10)17)16-8-11-9-20-5-4-15(11)21-16/h2-3,6,8,14,19H,4-5,7,9H2,1H3. The fraction of sp³-hybridized carbons (Fsp3) is 0.375. The molecule has 0 saturated heterocycles. The van der Waals surface area contributed by atoms with Gasteiger partial charge in [-0.05, 0) is 61.0 Å². The molecule has 112 valence electrons. The SMILES string of the molecule is CNC(Cc1cc(F)ccc1Br)c1cc2c(s1)CCSC2. The molecule has 0 fully saturated rings. The molecule has 21 heavy (non-hydrogen) atoms. The monoisotopic (exact) mass is 385 g/mol. The highest BCUT2D eigenvalue weighted by atomic mass is 79.9. The lowest BCUT2D eigenvalue weighted by atomic mass is 10.0. The van der Waals surface area contributed by atoms with E-state index in [9.17, 15) is 4.39 Å². The van der Waals surface area contributed by atoms with E-state index in [1.54, 1.807) is 12.1 Å². The van der Waals surface area contributed by atoms with Gasteiger partial charge >= 0.3 is 0 Å². The third-order valence-corrected chi connectivity index (χ3v) is 6.90. The summed E-state index contributed by atoms with van der Waals surface area (Å²) in [7, 11) is 1.98. The van der Waals surface area contributed by atoms with Crippen molar-refractivity contribution in [2.45, 2.75) is 24.6 Å². The highest BCUT2D eigenvalue weighted by Gasteiger charge is 2.19. The number of fused-ring (bicyclic) bond motifs is 1. The molecule has 0 saturated carbocycles. The normalized spacial score (nSPS) is 15.8. The van der Waals surface area contributed by atoms with Crippen LogP contribution < -0.4 is 5.32 Å². The Hall–Kier alpha value is -0.360. The number of hydrogen-bond acceptors (Lipinski definition) is 3. The molecule has 0 amide bonds. The van der Waals surface area contributed by atoms with Crippen molar-refractivity contribution in [1.29, 1.82) is 0 Å². The highest BCUT2D eigenvalue weighted by molar-refractivity contribution is 9.10. The maximum absolute atomic E-state index is 13.4. The van der Waals surface area contributed by atoms with Crippen LogP contribution in [0.15, 0.2) is 28.7 Å². The number of halogens is 2. The number of rotatable bonds is 4. The smallest absolute Gasteiger partial charge is 0.123 e. The summed E-state index contributed by atoms with van der Waals surface area (Å²) < 4.78 is 14.4. The van der Waals surface area contributed by atoms with Gasteiger partial charge in [0, 0.05) is 26.0 Å². The Morgan fingerprint density at radius 3 is 3.00 bits per heavy atom. The van der Waals surface area contributed by atoms with E-state index in [0.29, 0.717) is 0 Å². The van der Waals surface area contributed by atoms with Crippen LogP contribution in [0, 0.1) is 5.82 Å². The van der Waals surface area contributed by atoms with Crippen LogP contribution in [0.5, 0.6) is 0 Å². The third kappa shape index (κ3) is 3.52. The molecule has 1 aliphatic heterocycles. The molecule has 1 aliphatic rings. The molecule has 1 unspecified atom stereocenters. The van der Waals surface area contributed by atoms with E-state index in [1.165, 1.54) is 33.6 Å². The zero-order chi connectivity index (χ0) is 14.8. The molecule has 1 atom stereocenters. The second-order valence-electron chi connectivity index (χ2n) is 5.18. The summed E-state index contributed by atoms with van der Waals surface area (Å²) in [6, 6.07) is 7.47. The first kappa shape index (κ1) is 15.5. The van der Waals surface area contributed by atoms with Crippen LogP contribution in [0.4, 0.5) is 4.39 Å². The van der Waals surface area contributed by atoms with Gasteiger partial charge in [-0.1, -0.05) is 15.9 Å².